The zero-order valence-corrected chi connectivity index (χ0v) is 13.4. The van der Waals surface area contributed by atoms with E-state index in [0.29, 0.717) is 17.7 Å². The third kappa shape index (κ3) is 3.16. The summed E-state index contributed by atoms with van der Waals surface area (Å²) in [6.07, 6.45) is 1.36. The van der Waals surface area contributed by atoms with E-state index in [4.69, 9.17) is 0 Å². The molecule has 102 valence electrons. The van der Waals surface area contributed by atoms with Gasteiger partial charge in [-0.05, 0) is 54.4 Å². The van der Waals surface area contributed by atoms with Crippen LogP contribution in [0, 0.1) is 18.3 Å². The molecule has 0 unspecified atom stereocenters. The predicted molar refractivity (Wildman–Crippen MR) is 79.3 cm³/mol. The number of likely N-dealkylation sites (tertiary alicyclic amines) is 1. The first-order valence-electron chi connectivity index (χ1n) is 6.14. The Kier molecular flexibility index (Phi) is 4.29. The molecular formula is C13H16BrN3OS. The first-order valence-corrected chi connectivity index (χ1v) is 7.75. The van der Waals surface area contributed by atoms with Crippen LogP contribution in [-0.2, 0) is 0 Å². The van der Waals surface area contributed by atoms with Crippen molar-refractivity contribution in [2.45, 2.75) is 25.3 Å². The molecule has 2 heterocycles. The smallest absolute Gasteiger partial charge is 0.262 e. The molecule has 1 aliphatic heterocycles. The van der Waals surface area contributed by atoms with E-state index in [1.54, 1.807) is 0 Å². The van der Waals surface area contributed by atoms with Crippen molar-refractivity contribution in [2.24, 2.45) is 0 Å². The molecule has 1 aromatic rings. The van der Waals surface area contributed by atoms with Gasteiger partial charge in [0.05, 0.1) is 14.7 Å². The molecule has 1 fully saturated rings. The summed E-state index contributed by atoms with van der Waals surface area (Å²) < 4.78 is 0.965. The predicted octanol–water partition coefficient (Wildman–Crippen LogP) is 2.54. The number of carbonyl (C=O) groups is 1. The van der Waals surface area contributed by atoms with Crippen LogP contribution in [0.15, 0.2) is 9.85 Å². The summed E-state index contributed by atoms with van der Waals surface area (Å²) in [4.78, 5) is 15.1. The van der Waals surface area contributed by atoms with E-state index in [0.717, 1.165) is 22.4 Å². The number of piperidine rings is 1. The Labute approximate surface area is 125 Å². The average Bonchev–Trinajstić information content (AvgIpc) is 2.73. The number of nitrogens with one attached hydrogen (secondary N) is 1. The molecule has 6 heteroatoms. The van der Waals surface area contributed by atoms with Gasteiger partial charge in [0.2, 0.25) is 0 Å². The highest BCUT2D eigenvalue weighted by atomic mass is 79.9. The van der Waals surface area contributed by atoms with Gasteiger partial charge in [0, 0.05) is 13.1 Å². The second-order valence-electron chi connectivity index (χ2n) is 5.02. The highest BCUT2D eigenvalue weighted by Crippen LogP contribution is 2.28. The summed E-state index contributed by atoms with van der Waals surface area (Å²) in [5, 5.41) is 12.3. The van der Waals surface area contributed by atoms with Gasteiger partial charge in [-0.1, -0.05) is 0 Å². The van der Waals surface area contributed by atoms with Crippen LogP contribution in [0.2, 0.25) is 0 Å². The minimum Gasteiger partial charge on any atom is -0.333 e. The van der Waals surface area contributed by atoms with Crippen LogP contribution >= 0.6 is 27.3 Å². The summed E-state index contributed by atoms with van der Waals surface area (Å²) in [6.45, 7) is 3.62. The number of hydrogen-bond acceptors (Lipinski definition) is 4. The zero-order chi connectivity index (χ0) is 14.0. The molecule has 0 radical (unpaired) electrons. The summed E-state index contributed by atoms with van der Waals surface area (Å²) in [5.41, 5.74) is 0.332. The van der Waals surface area contributed by atoms with Gasteiger partial charge < -0.3 is 10.2 Å². The number of nitrogens with zero attached hydrogens (tertiary/aromatic N) is 2. The minimum atomic E-state index is -0.714. The molecule has 0 saturated carbocycles. The fourth-order valence-electron chi connectivity index (χ4n) is 2.12. The van der Waals surface area contributed by atoms with Crippen molar-refractivity contribution < 1.29 is 4.79 Å². The number of halogens is 1. The van der Waals surface area contributed by atoms with E-state index in [-0.39, 0.29) is 5.91 Å². The summed E-state index contributed by atoms with van der Waals surface area (Å²) in [5.74, 6) is -0.148. The van der Waals surface area contributed by atoms with Crippen LogP contribution in [0.1, 0.15) is 28.1 Å². The molecule has 0 atom stereocenters. The van der Waals surface area contributed by atoms with Gasteiger partial charge in [0.1, 0.15) is 5.54 Å². The second-order valence-corrected chi connectivity index (χ2v) is 7.39. The van der Waals surface area contributed by atoms with Crippen molar-refractivity contribution in [2.75, 3.05) is 20.1 Å². The number of rotatable bonds is 2. The van der Waals surface area contributed by atoms with Crippen molar-refractivity contribution in [3.8, 4) is 6.07 Å². The largest absolute Gasteiger partial charge is 0.333 e. The number of amides is 1. The Morgan fingerprint density at radius 1 is 1.58 bits per heavy atom. The van der Waals surface area contributed by atoms with Crippen LogP contribution < -0.4 is 5.32 Å². The van der Waals surface area contributed by atoms with Crippen LogP contribution in [0.4, 0.5) is 0 Å². The Bertz CT molecular complexity index is 507. The summed E-state index contributed by atoms with van der Waals surface area (Å²) >= 11 is 4.82. The molecule has 2 rings (SSSR count). The van der Waals surface area contributed by atoms with Crippen molar-refractivity contribution in [1.82, 2.24) is 10.2 Å². The fraction of sp³-hybridized carbons (Fsp3) is 0.538. The average molecular weight is 342 g/mol. The SMILES string of the molecule is Cc1cc(C(=O)NC2(C#N)CCN(C)CC2)sc1Br. The van der Waals surface area contributed by atoms with Gasteiger partial charge in [-0.2, -0.15) is 5.26 Å². The van der Waals surface area contributed by atoms with Gasteiger partial charge in [0.15, 0.2) is 0 Å². The van der Waals surface area contributed by atoms with E-state index < -0.39 is 5.54 Å². The first kappa shape index (κ1) is 14.5. The molecule has 1 saturated heterocycles. The Morgan fingerprint density at radius 2 is 2.21 bits per heavy atom. The lowest BCUT2D eigenvalue weighted by molar-refractivity contribution is 0.0886. The van der Waals surface area contributed by atoms with Gasteiger partial charge in [0.25, 0.3) is 5.91 Å². The minimum absolute atomic E-state index is 0.148. The van der Waals surface area contributed by atoms with Crippen molar-refractivity contribution in [3.63, 3.8) is 0 Å². The van der Waals surface area contributed by atoms with Crippen LogP contribution in [0.3, 0.4) is 0 Å². The molecule has 0 spiro atoms. The number of carbonyl (C=O) groups excluding carboxylic acids is 1. The molecule has 1 aromatic heterocycles. The lowest BCUT2D eigenvalue weighted by atomic mass is 9.89. The van der Waals surface area contributed by atoms with E-state index in [2.05, 4.69) is 32.2 Å². The van der Waals surface area contributed by atoms with Crippen molar-refractivity contribution >= 4 is 33.2 Å². The van der Waals surface area contributed by atoms with E-state index in [1.807, 2.05) is 20.0 Å². The Hall–Kier alpha value is -0.900. The van der Waals surface area contributed by atoms with E-state index >= 15 is 0 Å². The fourth-order valence-corrected chi connectivity index (χ4v) is 3.55. The molecule has 19 heavy (non-hydrogen) atoms. The normalized spacial score (nSPS) is 18.8. The third-order valence-electron chi connectivity index (χ3n) is 3.49. The summed E-state index contributed by atoms with van der Waals surface area (Å²) in [7, 11) is 2.03. The van der Waals surface area contributed by atoms with Crippen LogP contribution in [-0.4, -0.2) is 36.5 Å². The molecule has 1 aliphatic rings. The van der Waals surface area contributed by atoms with Crippen molar-refractivity contribution in [1.29, 1.82) is 5.26 Å². The highest BCUT2D eigenvalue weighted by Gasteiger charge is 2.35. The summed E-state index contributed by atoms with van der Waals surface area (Å²) in [6, 6.07) is 4.15. The molecule has 0 bridgehead atoms. The molecule has 1 amide bonds. The zero-order valence-electron chi connectivity index (χ0n) is 11.0. The standard InChI is InChI=1S/C13H16BrN3OS/c1-9-7-10(19-11(9)14)12(18)16-13(8-15)3-5-17(2)6-4-13/h7H,3-6H2,1-2H3,(H,16,18). The maximum absolute atomic E-state index is 12.2. The number of thiophene rings is 1. The molecule has 4 nitrogen and oxygen atoms in total. The highest BCUT2D eigenvalue weighted by molar-refractivity contribution is 9.11. The van der Waals surface area contributed by atoms with E-state index in [9.17, 15) is 10.1 Å². The number of aryl methyl sites for hydroxylation is 1. The van der Waals surface area contributed by atoms with Gasteiger partial charge in [-0.15, -0.1) is 11.3 Å². The topological polar surface area (TPSA) is 56.1 Å². The molecule has 1 N–H and O–H groups in total. The first-order chi connectivity index (χ1) is 8.96. The number of hydrogen-bond donors (Lipinski definition) is 1. The number of nitriles is 1. The monoisotopic (exact) mass is 341 g/mol. The molecule has 0 aromatic carbocycles. The molecule has 0 aliphatic carbocycles. The van der Waals surface area contributed by atoms with Crippen LogP contribution in [0.25, 0.3) is 0 Å². The van der Waals surface area contributed by atoms with Gasteiger partial charge >= 0.3 is 0 Å². The van der Waals surface area contributed by atoms with Crippen molar-refractivity contribution in [3.05, 3.63) is 20.3 Å². The second kappa shape index (κ2) is 5.61. The molecular weight excluding hydrogens is 326 g/mol. The lowest BCUT2D eigenvalue weighted by Gasteiger charge is -2.35. The third-order valence-corrected chi connectivity index (χ3v) is 5.62. The lowest BCUT2D eigenvalue weighted by Crippen LogP contribution is -2.53. The Morgan fingerprint density at radius 3 is 2.68 bits per heavy atom. The van der Waals surface area contributed by atoms with Gasteiger partial charge in [-0.25, -0.2) is 0 Å². The van der Waals surface area contributed by atoms with Crippen LogP contribution in [0.5, 0.6) is 0 Å². The Balaban J connectivity index is 2.11. The maximum atomic E-state index is 12.2. The quantitative estimate of drug-likeness (QED) is 0.899. The maximum Gasteiger partial charge on any atom is 0.262 e. The van der Waals surface area contributed by atoms with Gasteiger partial charge in [-0.3, -0.25) is 4.79 Å². The van der Waals surface area contributed by atoms with E-state index in [1.165, 1.54) is 11.3 Å².